The molecule has 2 aliphatic carbocycles. The molecule has 0 nitrogen and oxygen atoms in total. The highest BCUT2D eigenvalue weighted by Crippen LogP contribution is 2.45. The van der Waals surface area contributed by atoms with E-state index in [4.69, 9.17) is 0 Å². The third-order valence-electron chi connectivity index (χ3n) is 7.52. The SMILES string of the molecule is CC1CCC(C2CC=C(c3ccc4c(sc5c(F)c(C(F)(F)F)ccc54)c3F)CC2)CC1. The van der Waals surface area contributed by atoms with Crippen molar-refractivity contribution in [1.29, 1.82) is 0 Å². The summed E-state index contributed by atoms with van der Waals surface area (Å²) in [6.07, 6.45) is 5.30. The zero-order valence-electron chi connectivity index (χ0n) is 17.9. The lowest BCUT2D eigenvalue weighted by molar-refractivity contribution is -0.139. The maximum Gasteiger partial charge on any atom is 0.419 e. The first-order valence-electron chi connectivity index (χ1n) is 11.3. The number of rotatable bonds is 2. The summed E-state index contributed by atoms with van der Waals surface area (Å²) in [5.41, 5.74) is 0.144. The molecule has 1 fully saturated rings. The fraction of sp³-hybridized carbons (Fsp3) is 0.462. The van der Waals surface area contributed by atoms with Crippen molar-refractivity contribution in [3.63, 3.8) is 0 Å². The van der Waals surface area contributed by atoms with Crippen molar-refractivity contribution in [2.24, 2.45) is 17.8 Å². The van der Waals surface area contributed by atoms with Crippen LogP contribution in [0, 0.1) is 29.4 Å². The van der Waals surface area contributed by atoms with Gasteiger partial charge in [0.2, 0.25) is 0 Å². The van der Waals surface area contributed by atoms with Gasteiger partial charge in [0.1, 0.15) is 5.82 Å². The monoisotopic (exact) mass is 464 g/mol. The summed E-state index contributed by atoms with van der Waals surface area (Å²) in [6, 6.07) is 5.41. The highest BCUT2D eigenvalue weighted by Gasteiger charge is 2.35. The van der Waals surface area contributed by atoms with E-state index in [0.29, 0.717) is 22.3 Å². The van der Waals surface area contributed by atoms with E-state index in [0.717, 1.165) is 54.1 Å². The van der Waals surface area contributed by atoms with Crippen LogP contribution in [-0.4, -0.2) is 0 Å². The zero-order chi connectivity index (χ0) is 22.6. The van der Waals surface area contributed by atoms with Crippen LogP contribution in [0.1, 0.15) is 63.0 Å². The van der Waals surface area contributed by atoms with Gasteiger partial charge < -0.3 is 0 Å². The van der Waals surface area contributed by atoms with Crippen LogP contribution in [0.2, 0.25) is 0 Å². The Labute approximate surface area is 188 Å². The molecule has 2 aliphatic rings. The minimum absolute atomic E-state index is 0.143. The standard InChI is InChI=1S/C26H25F5S/c1-14-2-4-15(5-3-14)16-6-8-17(9-7-16)18-10-11-19-20-12-13-21(26(29,30)31)23(28)25(20)32-24(19)22(18)27/h8,10-16H,2-7,9H2,1H3. The van der Waals surface area contributed by atoms with Crippen LogP contribution >= 0.6 is 11.3 Å². The molecule has 0 amide bonds. The van der Waals surface area contributed by atoms with Gasteiger partial charge in [0.25, 0.3) is 0 Å². The van der Waals surface area contributed by atoms with Gasteiger partial charge in [-0.3, -0.25) is 0 Å². The number of thiophene rings is 1. The van der Waals surface area contributed by atoms with E-state index in [1.165, 1.54) is 31.7 Å². The summed E-state index contributed by atoms with van der Waals surface area (Å²) in [5.74, 6) is 0.452. The Morgan fingerprint density at radius 2 is 1.47 bits per heavy atom. The number of alkyl halides is 3. The summed E-state index contributed by atoms with van der Waals surface area (Å²) >= 11 is 0.770. The molecule has 1 aromatic heterocycles. The molecule has 0 spiro atoms. The lowest BCUT2D eigenvalue weighted by Crippen LogP contribution is -2.22. The van der Waals surface area contributed by atoms with Crippen molar-refractivity contribution in [3.05, 3.63) is 53.1 Å². The maximum atomic E-state index is 15.5. The third-order valence-corrected chi connectivity index (χ3v) is 8.73. The number of hydrogen-bond donors (Lipinski definition) is 0. The molecule has 0 N–H and O–H groups in total. The second kappa shape index (κ2) is 8.12. The van der Waals surface area contributed by atoms with Crippen LogP contribution in [0.5, 0.6) is 0 Å². The maximum absolute atomic E-state index is 15.5. The minimum Gasteiger partial charge on any atom is -0.205 e. The molecule has 1 heterocycles. The molecule has 0 bridgehead atoms. The van der Waals surface area contributed by atoms with E-state index >= 15 is 4.39 Å². The van der Waals surface area contributed by atoms with Crippen LogP contribution in [0.25, 0.3) is 25.7 Å². The summed E-state index contributed by atoms with van der Waals surface area (Å²) in [6.45, 7) is 2.32. The lowest BCUT2D eigenvalue weighted by Gasteiger charge is -2.34. The molecule has 3 aromatic rings. The van der Waals surface area contributed by atoms with E-state index in [1.54, 1.807) is 12.1 Å². The quantitative estimate of drug-likeness (QED) is 0.331. The van der Waals surface area contributed by atoms with Crippen molar-refractivity contribution in [2.75, 3.05) is 0 Å². The summed E-state index contributed by atoms with van der Waals surface area (Å²) < 4.78 is 69.4. The normalized spacial score (nSPS) is 24.8. The second-order valence-corrected chi connectivity index (χ2v) is 10.5. The van der Waals surface area contributed by atoms with E-state index in [2.05, 4.69) is 13.0 Å². The van der Waals surface area contributed by atoms with Crippen molar-refractivity contribution in [1.82, 2.24) is 0 Å². The molecule has 32 heavy (non-hydrogen) atoms. The highest BCUT2D eigenvalue weighted by atomic mass is 32.1. The van der Waals surface area contributed by atoms with Crippen molar-refractivity contribution in [3.8, 4) is 0 Å². The lowest BCUT2D eigenvalue weighted by atomic mass is 9.71. The number of halogens is 5. The fourth-order valence-electron chi connectivity index (χ4n) is 5.59. The van der Waals surface area contributed by atoms with Gasteiger partial charge >= 0.3 is 6.18 Å². The molecule has 170 valence electrons. The van der Waals surface area contributed by atoms with Crippen LogP contribution < -0.4 is 0 Å². The first-order chi connectivity index (χ1) is 15.2. The van der Waals surface area contributed by atoms with E-state index in [1.807, 2.05) is 0 Å². The van der Waals surface area contributed by atoms with Crippen LogP contribution in [0.15, 0.2) is 30.3 Å². The van der Waals surface area contributed by atoms with Crippen LogP contribution in [-0.2, 0) is 6.18 Å². The molecule has 6 heteroatoms. The van der Waals surface area contributed by atoms with Crippen LogP contribution in [0.4, 0.5) is 22.0 Å². The third kappa shape index (κ3) is 3.74. The molecular weight excluding hydrogens is 439 g/mol. The highest BCUT2D eigenvalue weighted by molar-refractivity contribution is 7.25. The van der Waals surface area contributed by atoms with Gasteiger partial charge in [0.15, 0.2) is 5.82 Å². The van der Waals surface area contributed by atoms with Crippen molar-refractivity contribution >= 4 is 37.1 Å². The first kappa shape index (κ1) is 21.9. The van der Waals surface area contributed by atoms with E-state index < -0.39 is 23.4 Å². The predicted molar refractivity (Wildman–Crippen MR) is 121 cm³/mol. The molecule has 0 saturated heterocycles. The van der Waals surface area contributed by atoms with Gasteiger partial charge in [0.05, 0.1) is 15.0 Å². The molecule has 1 unspecified atom stereocenters. The summed E-state index contributed by atoms with van der Waals surface area (Å²) in [5, 5.41) is 0.787. The Kier molecular flexibility index (Phi) is 5.55. The second-order valence-electron chi connectivity index (χ2n) is 9.49. The molecular formula is C26H25F5S. The Hall–Kier alpha value is -1.95. The largest absolute Gasteiger partial charge is 0.419 e. The predicted octanol–water partition coefficient (Wildman–Crippen LogP) is 9.36. The first-order valence-corrected chi connectivity index (χ1v) is 12.2. The zero-order valence-corrected chi connectivity index (χ0v) is 18.7. The Morgan fingerprint density at radius 1 is 0.812 bits per heavy atom. The van der Waals surface area contributed by atoms with Gasteiger partial charge in [0, 0.05) is 16.3 Å². The Bertz CT molecular complexity index is 1190. The number of benzene rings is 2. The summed E-state index contributed by atoms with van der Waals surface area (Å²) in [4.78, 5) is 0. The van der Waals surface area contributed by atoms with Gasteiger partial charge in [-0.15, -0.1) is 11.3 Å². The van der Waals surface area contributed by atoms with Crippen molar-refractivity contribution < 1.29 is 22.0 Å². The van der Waals surface area contributed by atoms with Gasteiger partial charge in [-0.25, -0.2) is 8.78 Å². The molecule has 5 rings (SSSR count). The minimum atomic E-state index is -4.78. The number of fused-ring (bicyclic) bond motifs is 3. The Morgan fingerprint density at radius 3 is 2.09 bits per heavy atom. The molecule has 0 aliphatic heterocycles. The van der Waals surface area contributed by atoms with Gasteiger partial charge in [-0.1, -0.05) is 44.0 Å². The van der Waals surface area contributed by atoms with Gasteiger partial charge in [-0.2, -0.15) is 13.2 Å². The average Bonchev–Trinajstić information content (AvgIpc) is 3.15. The smallest absolute Gasteiger partial charge is 0.205 e. The van der Waals surface area contributed by atoms with Crippen LogP contribution in [0.3, 0.4) is 0 Å². The van der Waals surface area contributed by atoms with Crippen molar-refractivity contribution in [2.45, 2.75) is 58.0 Å². The fourth-order valence-corrected chi connectivity index (χ4v) is 6.77. The number of hydrogen-bond acceptors (Lipinski definition) is 1. The average molecular weight is 465 g/mol. The van der Waals surface area contributed by atoms with Gasteiger partial charge in [-0.05, 0) is 61.5 Å². The Balaban J connectivity index is 1.47. The molecule has 2 aromatic carbocycles. The van der Waals surface area contributed by atoms with E-state index in [9.17, 15) is 17.6 Å². The topological polar surface area (TPSA) is 0 Å². The molecule has 1 atom stereocenters. The molecule has 0 radical (unpaired) electrons. The molecule has 1 saturated carbocycles. The number of allylic oxidation sites excluding steroid dienone is 2. The summed E-state index contributed by atoms with van der Waals surface area (Å²) in [7, 11) is 0. The van der Waals surface area contributed by atoms with E-state index in [-0.39, 0.29) is 9.40 Å².